The number of rotatable bonds is 0. The quantitative estimate of drug-likeness (QED) is 0.487. The van der Waals surface area contributed by atoms with Crippen LogP contribution < -0.4 is 9.47 Å². The lowest BCUT2D eigenvalue weighted by Gasteiger charge is -2.21. The fourth-order valence-corrected chi connectivity index (χ4v) is 2.19. The number of halogens is 4. The number of hydrogen-bond donors (Lipinski definition) is 0. The van der Waals surface area contributed by atoms with Crippen molar-refractivity contribution in [3.63, 3.8) is 0 Å². The summed E-state index contributed by atoms with van der Waals surface area (Å²) in [5.41, 5.74) is 0. The Balaban J connectivity index is 2.12. The Labute approximate surface area is 123 Å². The molecule has 2 aromatic rings. The third-order valence-electron chi connectivity index (χ3n) is 2.41. The molecule has 0 bridgehead atoms. The predicted molar refractivity (Wildman–Crippen MR) is 73.1 cm³/mol. The largest absolute Gasteiger partial charge is 0.449 e. The summed E-state index contributed by atoms with van der Waals surface area (Å²) < 4.78 is 11.3. The van der Waals surface area contributed by atoms with E-state index >= 15 is 0 Å². The molecule has 0 fully saturated rings. The monoisotopic (exact) mass is 332 g/mol. The molecule has 1 heterocycles. The summed E-state index contributed by atoms with van der Waals surface area (Å²) in [6.45, 7) is 0. The van der Waals surface area contributed by atoms with Gasteiger partial charge in [0.1, 0.15) is 0 Å². The van der Waals surface area contributed by atoms with E-state index in [-0.39, 0.29) is 0 Å². The van der Waals surface area contributed by atoms with Crippen LogP contribution in [0.3, 0.4) is 0 Å². The smallest absolute Gasteiger partial charge is 0.171 e. The highest BCUT2D eigenvalue weighted by atomic mass is 35.5. The molecular formula is C12H4Cl4O2. The first-order chi connectivity index (χ1) is 8.54. The predicted octanol–water partition coefficient (Wildman–Crippen LogP) is 6.20. The van der Waals surface area contributed by atoms with E-state index < -0.39 is 0 Å². The summed E-state index contributed by atoms with van der Waals surface area (Å²) >= 11 is 23.7. The number of benzene rings is 2. The second-order valence-electron chi connectivity index (χ2n) is 3.63. The van der Waals surface area contributed by atoms with Crippen molar-refractivity contribution in [1.82, 2.24) is 0 Å². The number of hydrogen-bond acceptors (Lipinski definition) is 2. The Morgan fingerprint density at radius 3 is 0.944 bits per heavy atom. The second kappa shape index (κ2) is 4.39. The highest BCUT2D eigenvalue weighted by molar-refractivity contribution is 6.42. The molecule has 2 aromatic carbocycles. The van der Waals surface area contributed by atoms with Gasteiger partial charge in [-0.05, 0) is 0 Å². The summed E-state index contributed by atoms with van der Waals surface area (Å²) in [6.07, 6.45) is 0. The molecule has 0 aliphatic carbocycles. The molecule has 0 atom stereocenters. The van der Waals surface area contributed by atoms with Gasteiger partial charge in [-0.1, -0.05) is 46.4 Å². The molecule has 0 spiro atoms. The van der Waals surface area contributed by atoms with E-state index in [0.29, 0.717) is 43.1 Å². The lowest BCUT2D eigenvalue weighted by Crippen LogP contribution is -1.99. The van der Waals surface area contributed by atoms with Crippen molar-refractivity contribution in [2.75, 3.05) is 0 Å². The minimum atomic E-state index is 0.391. The van der Waals surface area contributed by atoms with Crippen molar-refractivity contribution in [2.45, 2.75) is 0 Å². The van der Waals surface area contributed by atoms with E-state index in [9.17, 15) is 0 Å². The van der Waals surface area contributed by atoms with E-state index in [1.165, 1.54) is 0 Å². The van der Waals surface area contributed by atoms with Gasteiger partial charge in [0.05, 0.1) is 20.1 Å². The first-order valence-corrected chi connectivity index (χ1v) is 6.39. The molecule has 1 aliphatic heterocycles. The molecule has 0 unspecified atom stereocenters. The van der Waals surface area contributed by atoms with Crippen LogP contribution in [0.2, 0.25) is 20.1 Å². The molecule has 2 nitrogen and oxygen atoms in total. The fourth-order valence-electron chi connectivity index (χ4n) is 1.58. The average molecular weight is 334 g/mol. The second-order valence-corrected chi connectivity index (χ2v) is 5.26. The fraction of sp³-hybridized carbons (Fsp3) is 0. The van der Waals surface area contributed by atoms with Crippen molar-refractivity contribution in [2.24, 2.45) is 0 Å². The van der Waals surface area contributed by atoms with Crippen LogP contribution in [0.1, 0.15) is 0 Å². The third kappa shape index (κ3) is 1.99. The van der Waals surface area contributed by atoms with Crippen molar-refractivity contribution < 1.29 is 9.47 Å². The topological polar surface area (TPSA) is 18.5 Å². The highest BCUT2D eigenvalue weighted by Crippen LogP contribution is 2.49. The third-order valence-corrected chi connectivity index (χ3v) is 3.86. The van der Waals surface area contributed by atoms with Crippen LogP contribution in [-0.4, -0.2) is 0 Å². The maximum Gasteiger partial charge on any atom is 0.171 e. The highest BCUT2D eigenvalue weighted by Gasteiger charge is 2.21. The molecule has 1 aliphatic rings. The molecule has 0 saturated heterocycles. The Kier molecular flexibility index (Phi) is 2.99. The SMILES string of the molecule is Cl[13c]1[13cH][13c]2[13c]([13cH][13c]1Cl)O[13c]1[13cH][13c](Cl)[13c](Cl)[13cH][13c]1O2. The summed E-state index contributed by atoms with van der Waals surface area (Å²) in [7, 11) is 0. The molecule has 0 radical (unpaired) electrons. The van der Waals surface area contributed by atoms with Crippen molar-refractivity contribution in [3.8, 4) is 23.0 Å². The molecule has 18 heavy (non-hydrogen) atoms. The van der Waals surface area contributed by atoms with Gasteiger partial charge in [-0.15, -0.1) is 0 Å². The van der Waals surface area contributed by atoms with E-state index in [1.54, 1.807) is 24.3 Å². The zero-order valence-corrected chi connectivity index (χ0v) is 11.7. The van der Waals surface area contributed by atoms with Gasteiger partial charge in [0.25, 0.3) is 0 Å². The molecule has 0 aromatic heterocycles. The number of fused-ring (bicyclic) bond motifs is 2. The summed E-state index contributed by atoms with van der Waals surface area (Å²) in [5, 5.41) is 1.56. The zero-order chi connectivity index (χ0) is 12.9. The maximum atomic E-state index is 5.91. The Bertz CT molecular complexity index is 544. The molecule has 0 N–H and O–H groups in total. The minimum Gasteiger partial charge on any atom is -0.449 e. The molecule has 3 rings (SSSR count). The molecular weight excluding hydrogens is 330 g/mol. The lowest BCUT2D eigenvalue weighted by molar-refractivity contribution is 0.359. The van der Waals surface area contributed by atoms with Gasteiger partial charge in [0, 0.05) is 24.3 Å². The van der Waals surface area contributed by atoms with Crippen LogP contribution in [-0.2, 0) is 0 Å². The Morgan fingerprint density at radius 2 is 0.722 bits per heavy atom. The number of ether oxygens (including phenoxy) is 2. The van der Waals surface area contributed by atoms with Gasteiger partial charge in [-0.25, -0.2) is 0 Å². The molecule has 0 saturated carbocycles. The van der Waals surface area contributed by atoms with Gasteiger partial charge in [0.2, 0.25) is 0 Å². The zero-order valence-electron chi connectivity index (χ0n) is 8.64. The van der Waals surface area contributed by atoms with Crippen molar-refractivity contribution in [1.29, 1.82) is 0 Å². The Hall–Kier alpha value is -0.800. The van der Waals surface area contributed by atoms with Crippen LogP contribution in [0.5, 0.6) is 23.0 Å². The van der Waals surface area contributed by atoms with Crippen molar-refractivity contribution >= 4 is 46.4 Å². The first kappa shape index (κ1) is 12.2. The van der Waals surface area contributed by atoms with Crippen LogP contribution in [0, 0.1) is 0 Å². The molecule has 0 amide bonds. The van der Waals surface area contributed by atoms with Crippen LogP contribution >= 0.6 is 46.4 Å². The standard InChI is InChI=1S/C12H4Cl4O2/c13-5-1-9-10(2-6(5)14)18-12-4-8(16)7(15)3-11(12)17-9/h1-4H/i1+1,2+1,3+1,4+1,5+1,6+1,7+1,8+1,9+1,10+1,11+1,12+1. The van der Waals surface area contributed by atoms with Crippen molar-refractivity contribution in [3.05, 3.63) is 44.4 Å². The minimum absolute atomic E-state index is 0.391. The van der Waals surface area contributed by atoms with Crippen LogP contribution in [0.4, 0.5) is 0 Å². The normalized spacial score (nSPS) is 12.2. The van der Waals surface area contributed by atoms with E-state index in [4.69, 9.17) is 55.9 Å². The van der Waals surface area contributed by atoms with E-state index in [0.717, 1.165) is 0 Å². The van der Waals surface area contributed by atoms with Gasteiger partial charge in [0.15, 0.2) is 23.0 Å². The lowest BCUT2D eigenvalue weighted by atomic mass is 11.2. The average Bonchev–Trinajstić information content (AvgIpc) is 2.31. The molecule has 92 valence electrons. The van der Waals surface area contributed by atoms with Gasteiger partial charge in [-0.3, -0.25) is 0 Å². The Morgan fingerprint density at radius 1 is 0.500 bits per heavy atom. The van der Waals surface area contributed by atoms with E-state index in [2.05, 4.69) is 0 Å². The first-order valence-electron chi connectivity index (χ1n) is 4.88. The van der Waals surface area contributed by atoms with Crippen LogP contribution in [0.25, 0.3) is 0 Å². The summed E-state index contributed by atoms with van der Waals surface area (Å²) in [6, 6.07) is 6.35. The maximum absolute atomic E-state index is 5.91. The van der Waals surface area contributed by atoms with Gasteiger partial charge >= 0.3 is 0 Å². The van der Waals surface area contributed by atoms with E-state index in [1.807, 2.05) is 0 Å². The van der Waals surface area contributed by atoms with Gasteiger partial charge < -0.3 is 9.47 Å². The van der Waals surface area contributed by atoms with Crippen LogP contribution in [0.15, 0.2) is 24.3 Å². The molecule has 6 heteroatoms. The summed E-state index contributed by atoms with van der Waals surface area (Å²) in [4.78, 5) is 0. The van der Waals surface area contributed by atoms with Gasteiger partial charge in [-0.2, -0.15) is 0 Å². The summed E-state index contributed by atoms with van der Waals surface area (Å²) in [5.74, 6) is 1.93.